The van der Waals surface area contributed by atoms with Crippen LogP contribution in [0.1, 0.15) is 21.5 Å². The van der Waals surface area contributed by atoms with Gasteiger partial charge in [-0.1, -0.05) is 78.5 Å². The van der Waals surface area contributed by atoms with Gasteiger partial charge in [0.05, 0.1) is 17.0 Å². The first-order valence-electron chi connectivity index (χ1n) is 11.3. The first-order chi connectivity index (χ1) is 17.0. The molecule has 0 fully saturated rings. The van der Waals surface area contributed by atoms with Gasteiger partial charge in [-0.05, 0) is 36.6 Å². The maximum absolute atomic E-state index is 12.7. The van der Waals surface area contributed by atoms with Gasteiger partial charge < -0.3 is 15.2 Å². The molecule has 0 radical (unpaired) electrons. The minimum atomic E-state index is -0.222. The topological polar surface area (TPSA) is 88.9 Å². The zero-order valence-corrected chi connectivity index (χ0v) is 20.5. The maximum atomic E-state index is 12.7. The average molecular weight is 486 g/mol. The molecule has 35 heavy (non-hydrogen) atoms. The number of carbonyl (C=O) groups excluding carboxylic acids is 2. The second kappa shape index (κ2) is 11.5. The van der Waals surface area contributed by atoms with E-state index in [0.717, 1.165) is 28.9 Å². The van der Waals surface area contributed by atoms with Crippen LogP contribution in [0, 0.1) is 6.92 Å². The number of hydrogen-bond acceptors (Lipinski definition) is 5. The van der Waals surface area contributed by atoms with Crippen LogP contribution < -0.4 is 10.6 Å². The zero-order valence-electron chi connectivity index (χ0n) is 19.7. The minimum Gasteiger partial charge on any atom is -0.352 e. The number of benzene rings is 3. The number of anilines is 1. The van der Waals surface area contributed by atoms with Gasteiger partial charge in [0.2, 0.25) is 5.91 Å². The van der Waals surface area contributed by atoms with Crippen LogP contribution in [0.4, 0.5) is 5.69 Å². The van der Waals surface area contributed by atoms with E-state index in [0.29, 0.717) is 23.0 Å². The van der Waals surface area contributed by atoms with Crippen LogP contribution in [0.5, 0.6) is 0 Å². The Bertz CT molecular complexity index is 1320. The van der Waals surface area contributed by atoms with Gasteiger partial charge in [0.1, 0.15) is 0 Å². The Labute approximate surface area is 209 Å². The summed E-state index contributed by atoms with van der Waals surface area (Å²) in [6.07, 6.45) is 0.736. The van der Waals surface area contributed by atoms with Crippen molar-refractivity contribution >= 4 is 29.3 Å². The van der Waals surface area contributed by atoms with Gasteiger partial charge >= 0.3 is 0 Å². The normalized spacial score (nSPS) is 10.7. The molecule has 0 unspecified atom stereocenters. The average Bonchev–Trinajstić information content (AvgIpc) is 3.24. The highest BCUT2D eigenvalue weighted by Gasteiger charge is 2.16. The Morgan fingerprint density at radius 3 is 2.43 bits per heavy atom. The van der Waals surface area contributed by atoms with E-state index in [2.05, 4.69) is 20.8 Å². The van der Waals surface area contributed by atoms with Crippen molar-refractivity contribution in [1.82, 2.24) is 20.1 Å². The van der Waals surface area contributed by atoms with Crippen molar-refractivity contribution < 1.29 is 9.59 Å². The Morgan fingerprint density at radius 1 is 0.914 bits per heavy atom. The fraction of sp³-hybridized carbons (Fsp3) is 0.185. The lowest BCUT2D eigenvalue weighted by atomic mass is 10.1. The van der Waals surface area contributed by atoms with Gasteiger partial charge in [0, 0.05) is 19.2 Å². The number of aryl methyl sites for hydroxylation is 1. The van der Waals surface area contributed by atoms with Crippen LogP contribution in [0.2, 0.25) is 0 Å². The Morgan fingerprint density at radius 2 is 1.63 bits per heavy atom. The number of hydrogen-bond donors (Lipinski definition) is 2. The van der Waals surface area contributed by atoms with E-state index in [1.807, 2.05) is 73.1 Å². The summed E-state index contributed by atoms with van der Waals surface area (Å²) in [7, 11) is 1.89. The lowest BCUT2D eigenvalue weighted by Crippen LogP contribution is -2.27. The van der Waals surface area contributed by atoms with E-state index < -0.39 is 0 Å². The summed E-state index contributed by atoms with van der Waals surface area (Å²) >= 11 is 1.30. The summed E-state index contributed by atoms with van der Waals surface area (Å²) in [5, 5.41) is 15.0. The van der Waals surface area contributed by atoms with Crippen LogP contribution in [0.25, 0.3) is 11.4 Å². The third-order valence-electron chi connectivity index (χ3n) is 5.54. The van der Waals surface area contributed by atoms with Crippen molar-refractivity contribution in [3.8, 4) is 11.4 Å². The third-order valence-corrected chi connectivity index (χ3v) is 6.56. The van der Waals surface area contributed by atoms with E-state index in [1.54, 1.807) is 24.3 Å². The third kappa shape index (κ3) is 6.16. The highest BCUT2D eigenvalue weighted by molar-refractivity contribution is 7.99. The Hall–Kier alpha value is -3.91. The molecular formula is C27H27N5O2S. The van der Waals surface area contributed by atoms with E-state index in [9.17, 15) is 9.59 Å². The number of thioether (sulfide) groups is 1. The van der Waals surface area contributed by atoms with Crippen LogP contribution in [-0.2, 0) is 18.3 Å². The summed E-state index contributed by atoms with van der Waals surface area (Å²) in [5.41, 5.74) is 4.18. The van der Waals surface area contributed by atoms with Crippen molar-refractivity contribution in [2.45, 2.75) is 18.5 Å². The lowest BCUT2D eigenvalue weighted by molar-refractivity contribution is -0.113. The lowest BCUT2D eigenvalue weighted by Gasteiger charge is -2.11. The quantitative estimate of drug-likeness (QED) is 0.341. The van der Waals surface area contributed by atoms with Crippen molar-refractivity contribution in [3.63, 3.8) is 0 Å². The first-order valence-corrected chi connectivity index (χ1v) is 12.3. The molecule has 0 spiro atoms. The van der Waals surface area contributed by atoms with Crippen LogP contribution in [-0.4, -0.2) is 38.9 Å². The Kier molecular flexibility index (Phi) is 7.95. The van der Waals surface area contributed by atoms with E-state index in [1.165, 1.54) is 11.8 Å². The minimum absolute atomic E-state index is 0.143. The monoisotopic (exact) mass is 485 g/mol. The molecular weight excluding hydrogens is 458 g/mol. The number of amides is 2. The molecule has 2 amide bonds. The number of rotatable bonds is 9. The molecule has 2 N–H and O–H groups in total. The Balaban J connectivity index is 1.34. The van der Waals surface area contributed by atoms with Crippen LogP contribution in [0.3, 0.4) is 0 Å². The van der Waals surface area contributed by atoms with Gasteiger partial charge in [0.15, 0.2) is 11.0 Å². The standard InChI is InChI=1S/C27H27N5O2S/c1-19-10-6-7-13-21(19)25-30-31-27(32(25)2)35-18-24(33)29-23-15-9-8-14-22(23)26(34)28-17-16-20-11-4-3-5-12-20/h3-15H,16-18H2,1-2H3,(H,28,34)(H,29,33). The molecule has 8 heteroatoms. The molecule has 1 aromatic heterocycles. The molecule has 7 nitrogen and oxygen atoms in total. The highest BCUT2D eigenvalue weighted by atomic mass is 32.2. The number of para-hydroxylation sites is 1. The molecule has 0 atom stereocenters. The van der Waals surface area contributed by atoms with Gasteiger partial charge in [-0.25, -0.2) is 0 Å². The fourth-order valence-corrected chi connectivity index (χ4v) is 4.38. The molecule has 0 bridgehead atoms. The molecule has 4 aromatic rings. The van der Waals surface area contributed by atoms with Crippen molar-refractivity contribution in [2.24, 2.45) is 7.05 Å². The zero-order chi connectivity index (χ0) is 24.6. The number of aromatic nitrogens is 3. The summed E-state index contributed by atoms with van der Waals surface area (Å²) in [6, 6.07) is 25.0. The molecule has 0 aliphatic heterocycles. The van der Waals surface area contributed by atoms with Crippen LogP contribution >= 0.6 is 11.8 Å². The molecule has 0 aliphatic rings. The molecule has 1 heterocycles. The SMILES string of the molecule is Cc1ccccc1-c1nnc(SCC(=O)Nc2ccccc2C(=O)NCCc2ccccc2)n1C. The van der Waals surface area contributed by atoms with E-state index >= 15 is 0 Å². The first kappa shape index (κ1) is 24.2. The smallest absolute Gasteiger partial charge is 0.253 e. The van der Waals surface area contributed by atoms with Gasteiger partial charge in [-0.3, -0.25) is 9.59 Å². The summed E-state index contributed by atoms with van der Waals surface area (Å²) in [5.74, 6) is 0.452. The molecule has 3 aromatic carbocycles. The van der Waals surface area contributed by atoms with E-state index in [-0.39, 0.29) is 17.6 Å². The molecule has 4 rings (SSSR count). The van der Waals surface area contributed by atoms with E-state index in [4.69, 9.17) is 0 Å². The van der Waals surface area contributed by atoms with Gasteiger partial charge in [-0.15, -0.1) is 10.2 Å². The summed E-state index contributed by atoms with van der Waals surface area (Å²) < 4.78 is 1.88. The maximum Gasteiger partial charge on any atom is 0.253 e. The number of carbonyl (C=O) groups is 2. The fourth-order valence-electron chi connectivity index (χ4n) is 3.67. The second-order valence-electron chi connectivity index (χ2n) is 8.05. The van der Waals surface area contributed by atoms with Gasteiger partial charge in [0.25, 0.3) is 5.91 Å². The van der Waals surface area contributed by atoms with Crippen molar-refractivity contribution in [1.29, 1.82) is 0 Å². The molecule has 0 aliphatic carbocycles. The molecule has 0 saturated carbocycles. The largest absolute Gasteiger partial charge is 0.352 e. The highest BCUT2D eigenvalue weighted by Crippen LogP contribution is 2.25. The number of nitrogens with one attached hydrogen (secondary N) is 2. The van der Waals surface area contributed by atoms with Gasteiger partial charge in [-0.2, -0.15) is 0 Å². The molecule has 178 valence electrons. The second-order valence-corrected chi connectivity index (χ2v) is 9.00. The van der Waals surface area contributed by atoms with Crippen molar-refractivity contribution in [2.75, 3.05) is 17.6 Å². The predicted molar refractivity (Wildman–Crippen MR) is 139 cm³/mol. The summed E-state index contributed by atoms with van der Waals surface area (Å²) in [6.45, 7) is 2.54. The van der Waals surface area contributed by atoms with Crippen molar-refractivity contribution in [3.05, 3.63) is 95.6 Å². The summed E-state index contributed by atoms with van der Waals surface area (Å²) in [4.78, 5) is 25.4. The molecule has 0 saturated heterocycles. The number of nitrogens with zero attached hydrogens (tertiary/aromatic N) is 3. The van der Waals surface area contributed by atoms with Crippen LogP contribution in [0.15, 0.2) is 84.0 Å². The predicted octanol–water partition coefficient (Wildman–Crippen LogP) is 4.49.